The Morgan fingerprint density at radius 2 is 2.00 bits per heavy atom. The van der Waals surface area contributed by atoms with Gasteiger partial charge in [-0.05, 0) is 55.0 Å². The van der Waals surface area contributed by atoms with Gasteiger partial charge in [0, 0.05) is 13.6 Å². The van der Waals surface area contributed by atoms with Crippen LogP contribution in [0.4, 0.5) is 0 Å². The van der Waals surface area contributed by atoms with Crippen molar-refractivity contribution in [3.63, 3.8) is 0 Å². The molecule has 1 heterocycles. The number of thioether (sulfide) groups is 1. The Balaban J connectivity index is 1.44. The van der Waals surface area contributed by atoms with E-state index in [1.54, 1.807) is 7.05 Å². The number of hydrogen-bond donors (Lipinski definition) is 1. The van der Waals surface area contributed by atoms with Crippen LogP contribution in [-0.4, -0.2) is 27.8 Å². The molecule has 0 spiro atoms. The third kappa shape index (κ3) is 4.53. The van der Waals surface area contributed by atoms with Gasteiger partial charge in [0.15, 0.2) is 5.16 Å². The van der Waals surface area contributed by atoms with E-state index in [4.69, 9.17) is 0 Å². The number of fused-ring (bicyclic) bond motifs is 2. The molecule has 4 rings (SSSR count). The van der Waals surface area contributed by atoms with E-state index in [0.29, 0.717) is 22.6 Å². The molecule has 2 aromatic carbocycles. The van der Waals surface area contributed by atoms with E-state index in [2.05, 4.69) is 16.4 Å². The number of carbonyl (C=O) groups excluding carboxylic acids is 1. The van der Waals surface area contributed by atoms with Crippen LogP contribution in [-0.2, 0) is 11.8 Å². The molecule has 0 saturated heterocycles. The smallest absolute Gasteiger partial charge is 0.261 e. The van der Waals surface area contributed by atoms with E-state index in [1.165, 1.54) is 34.7 Å². The largest absolute Gasteiger partial charge is 0.355 e. The van der Waals surface area contributed by atoms with Crippen molar-refractivity contribution in [2.24, 2.45) is 7.05 Å². The molecule has 3 aromatic rings. The standard InChI is InChI=1S/C23H25N3O2S/c1-26-22(28)19-13-17-9-5-6-10-18(17)14-20(19)25-23(26)29-15-21(27)24-12-11-16-7-3-2-4-8-16/h5-7,9-10,13-14H,2-4,8,11-12,15H2,1H3,(H,24,27). The van der Waals surface area contributed by atoms with Crippen molar-refractivity contribution in [1.82, 2.24) is 14.9 Å². The van der Waals surface area contributed by atoms with Crippen molar-refractivity contribution in [3.05, 3.63) is 58.4 Å². The van der Waals surface area contributed by atoms with Gasteiger partial charge in [0.1, 0.15) is 0 Å². The monoisotopic (exact) mass is 407 g/mol. The molecule has 1 aliphatic rings. The fourth-order valence-corrected chi connectivity index (χ4v) is 4.54. The second kappa shape index (κ2) is 8.82. The Labute approximate surface area is 174 Å². The fourth-order valence-electron chi connectivity index (χ4n) is 3.74. The SMILES string of the molecule is Cn1c(SCC(=O)NCCC2=CCCCC2)nc2cc3ccccc3cc2c1=O. The minimum Gasteiger partial charge on any atom is -0.355 e. The van der Waals surface area contributed by atoms with Crippen LogP contribution < -0.4 is 10.9 Å². The second-order valence-corrected chi connectivity index (χ2v) is 8.41. The zero-order chi connectivity index (χ0) is 20.2. The number of nitrogens with zero attached hydrogens (tertiary/aromatic N) is 2. The Kier molecular flexibility index (Phi) is 6.00. The lowest BCUT2D eigenvalue weighted by Crippen LogP contribution is -2.27. The van der Waals surface area contributed by atoms with E-state index in [1.807, 2.05) is 36.4 Å². The molecule has 1 aromatic heterocycles. The van der Waals surface area contributed by atoms with Gasteiger partial charge in [0.2, 0.25) is 5.91 Å². The van der Waals surface area contributed by atoms with Crippen LogP contribution >= 0.6 is 11.8 Å². The second-order valence-electron chi connectivity index (χ2n) is 7.47. The quantitative estimate of drug-likeness (QED) is 0.288. The van der Waals surface area contributed by atoms with E-state index < -0.39 is 0 Å². The highest BCUT2D eigenvalue weighted by atomic mass is 32.2. The lowest BCUT2D eigenvalue weighted by atomic mass is 9.97. The van der Waals surface area contributed by atoms with Gasteiger partial charge in [-0.1, -0.05) is 47.7 Å². The first-order valence-corrected chi connectivity index (χ1v) is 11.1. The van der Waals surface area contributed by atoms with Gasteiger partial charge in [0.05, 0.1) is 16.7 Å². The van der Waals surface area contributed by atoms with Gasteiger partial charge in [-0.2, -0.15) is 0 Å². The van der Waals surface area contributed by atoms with Crippen LogP contribution in [0.15, 0.2) is 58.0 Å². The Morgan fingerprint density at radius 1 is 1.21 bits per heavy atom. The Hall–Kier alpha value is -2.60. The molecular formula is C23H25N3O2S. The van der Waals surface area contributed by atoms with Crippen molar-refractivity contribution in [2.75, 3.05) is 12.3 Å². The van der Waals surface area contributed by atoms with Gasteiger partial charge >= 0.3 is 0 Å². The zero-order valence-corrected chi connectivity index (χ0v) is 17.4. The summed E-state index contributed by atoms with van der Waals surface area (Å²) in [4.78, 5) is 29.7. The lowest BCUT2D eigenvalue weighted by molar-refractivity contribution is -0.118. The molecule has 0 fully saturated rings. The van der Waals surface area contributed by atoms with Gasteiger partial charge in [0.25, 0.3) is 5.56 Å². The number of aromatic nitrogens is 2. The topological polar surface area (TPSA) is 64.0 Å². The minimum absolute atomic E-state index is 0.0285. The van der Waals surface area contributed by atoms with E-state index in [9.17, 15) is 9.59 Å². The van der Waals surface area contributed by atoms with E-state index in [-0.39, 0.29) is 17.2 Å². The summed E-state index contributed by atoms with van der Waals surface area (Å²) in [5.41, 5.74) is 2.03. The number of rotatable bonds is 6. The first-order valence-electron chi connectivity index (χ1n) is 10.1. The highest BCUT2D eigenvalue weighted by Gasteiger charge is 2.12. The first kappa shape index (κ1) is 19.7. The maximum atomic E-state index is 12.8. The number of nitrogens with one attached hydrogen (secondary N) is 1. The average Bonchev–Trinajstić information content (AvgIpc) is 2.75. The number of hydrogen-bond acceptors (Lipinski definition) is 4. The summed E-state index contributed by atoms with van der Waals surface area (Å²) in [6.07, 6.45) is 8.09. The molecule has 29 heavy (non-hydrogen) atoms. The molecule has 1 N–H and O–H groups in total. The molecule has 1 amide bonds. The molecule has 0 radical (unpaired) electrons. The van der Waals surface area contributed by atoms with Crippen molar-refractivity contribution >= 4 is 39.3 Å². The summed E-state index contributed by atoms with van der Waals surface area (Å²) >= 11 is 1.30. The highest BCUT2D eigenvalue weighted by Crippen LogP contribution is 2.22. The van der Waals surface area contributed by atoms with Crippen LogP contribution in [0, 0.1) is 0 Å². The van der Waals surface area contributed by atoms with Crippen molar-refractivity contribution < 1.29 is 4.79 Å². The summed E-state index contributed by atoms with van der Waals surface area (Å²) in [6.45, 7) is 0.668. The van der Waals surface area contributed by atoms with Gasteiger partial charge in [-0.3, -0.25) is 14.2 Å². The molecule has 0 saturated carbocycles. The van der Waals surface area contributed by atoms with Crippen molar-refractivity contribution in [1.29, 1.82) is 0 Å². The Bertz CT molecular complexity index is 1150. The summed E-state index contributed by atoms with van der Waals surface area (Å²) in [6, 6.07) is 11.8. The zero-order valence-electron chi connectivity index (χ0n) is 16.6. The lowest BCUT2D eigenvalue weighted by Gasteiger charge is -2.13. The maximum absolute atomic E-state index is 12.8. The number of benzene rings is 2. The van der Waals surface area contributed by atoms with Crippen molar-refractivity contribution in [2.45, 2.75) is 37.3 Å². The summed E-state index contributed by atoms with van der Waals surface area (Å²) in [7, 11) is 1.71. The van der Waals surface area contributed by atoms with Crippen LogP contribution in [0.1, 0.15) is 32.1 Å². The maximum Gasteiger partial charge on any atom is 0.261 e. The molecule has 6 heteroatoms. The van der Waals surface area contributed by atoms with Crippen LogP contribution in [0.25, 0.3) is 21.7 Å². The third-order valence-corrected chi connectivity index (χ3v) is 6.42. The molecule has 0 bridgehead atoms. The number of allylic oxidation sites excluding steroid dienone is 1. The predicted molar refractivity (Wildman–Crippen MR) is 119 cm³/mol. The average molecular weight is 408 g/mol. The van der Waals surface area contributed by atoms with E-state index >= 15 is 0 Å². The molecule has 1 aliphatic carbocycles. The predicted octanol–water partition coefficient (Wildman–Crippen LogP) is 4.19. The highest BCUT2D eigenvalue weighted by molar-refractivity contribution is 7.99. The minimum atomic E-state index is -0.0899. The fraction of sp³-hybridized carbons (Fsp3) is 0.348. The van der Waals surface area contributed by atoms with Crippen LogP contribution in [0.2, 0.25) is 0 Å². The molecule has 0 atom stereocenters. The molecule has 5 nitrogen and oxygen atoms in total. The van der Waals surface area contributed by atoms with Crippen LogP contribution in [0.5, 0.6) is 0 Å². The molecule has 0 aliphatic heterocycles. The van der Waals surface area contributed by atoms with Gasteiger partial charge < -0.3 is 5.32 Å². The van der Waals surface area contributed by atoms with Crippen molar-refractivity contribution in [3.8, 4) is 0 Å². The normalized spacial score (nSPS) is 14.2. The number of amides is 1. The van der Waals surface area contributed by atoms with E-state index in [0.717, 1.165) is 30.0 Å². The van der Waals surface area contributed by atoms with Crippen LogP contribution in [0.3, 0.4) is 0 Å². The molecule has 150 valence electrons. The van der Waals surface area contributed by atoms with Gasteiger partial charge in [-0.25, -0.2) is 4.98 Å². The first-order chi connectivity index (χ1) is 14.1. The molecule has 0 unspecified atom stereocenters. The molecular weight excluding hydrogens is 382 g/mol. The summed E-state index contributed by atoms with van der Waals surface area (Å²) < 4.78 is 1.53. The number of carbonyl (C=O) groups is 1. The Morgan fingerprint density at radius 3 is 2.76 bits per heavy atom. The van der Waals surface area contributed by atoms with Gasteiger partial charge in [-0.15, -0.1) is 0 Å². The summed E-state index contributed by atoms with van der Waals surface area (Å²) in [5, 5.41) is 6.20. The third-order valence-electron chi connectivity index (χ3n) is 5.39. The summed E-state index contributed by atoms with van der Waals surface area (Å²) in [5.74, 6) is 0.220.